The van der Waals surface area contributed by atoms with Crippen LogP contribution < -0.4 is 9.61 Å². The second-order valence-electron chi connectivity index (χ2n) is 8.38. The van der Waals surface area contributed by atoms with E-state index in [4.69, 9.17) is 4.74 Å². The van der Waals surface area contributed by atoms with Crippen LogP contribution in [0.1, 0.15) is 50.7 Å². The van der Waals surface area contributed by atoms with Gasteiger partial charge in [-0.15, -0.1) is 0 Å². The summed E-state index contributed by atoms with van der Waals surface area (Å²) in [6, 6.07) is 13.1. The van der Waals surface area contributed by atoms with Crippen LogP contribution in [0, 0.1) is 5.92 Å². The average Bonchev–Trinajstić information content (AvgIpc) is 3.22. The number of aliphatic carboxylic acids is 1. The minimum absolute atomic E-state index is 0.166. The number of hydrogen-bond acceptors (Lipinski definition) is 6. The van der Waals surface area contributed by atoms with Gasteiger partial charge in [0.1, 0.15) is 11.0 Å². The number of aromatic nitrogens is 1. The second-order valence-corrected chi connectivity index (χ2v) is 10.5. The van der Waals surface area contributed by atoms with E-state index in [9.17, 15) is 19.5 Å². The number of H-pyrrole nitrogens is 1. The zero-order valence-corrected chi connectivity index (χ0v) is 19.6. The number of ether oxygens (including phenoxy) is 1. The molecular formula is C25H23NO5S2. The van der Waals surface area contributed by atoms with Gasteiger partial charge in [0.15, 0.2) is 5.78 Å². The van der Waals surface area contributed by atoms with Crippen molar-refractivity contribution in [3.05, 3.63) is 79.3 Å². The lowest BCUT2D eigenvalue weighted by molar-refractivity contribution is -0.137. The first-order valence-corrected chi connectivity index (χ1v) is 12.6. The molecule has 1 aliphatic carbocycles. The second kappa shape index (κ2) is 8.83. The molecule has 2 heterocycles. The summed E-state index contributed by atoms with van der Waals surface area (Å²) in [7, 11) is 1.58. The Morgan fingerprint density at radius 3 is 2.58 bits per heavy atom. The number of carbonyl (C=O) groups is 2. The highest BCUT2D eigenvalue weighted by atomic mass is 32.2. The number of thioether (sulfide) groups is 1. The Bertz CT molecular complexity index is 1280. The molecule has 6 nitrogen and oxygen atoms in total. The highest BCUT2D eigenvalue weighted by Gasteiger charge is 2.48. The number of hydrogen-bond donors (Lipinski definition) is 2. The monoisotopic (exact) mass is 481 g/mol. The van der Waals surface area contributed by atoms with Gasteiger partial charge in [0.05, 0.1) is 18.1 Å². The zero-order valence-electron chi connectivity index (χ0n) is 18.0. The molecule has 1 aliphatic heterocycles. The van der Waals surface area contributed by atoms with Crippen LogP contribution in [0.15, 0.2) is 52.3 Å². The van der Waals surface area contributed by atoms with E-state index in [1.165, 1.54) is 5.56 Å². The van der Waals surface area contributed by atoms with E-state index in [1.54, 1.807) is 19.2 Å². The van der Waals surface area contributed by atoms with Gasteiger partial charge in [-0.05, 0) is 54.5 Å². The quantitative estimate of drug-likeness (QED) is 0.521. The molecule has 0 saturated carbocycles. The van der Waals surface area contributed by atoms with Crippen LogP contribution in [0.25, 0.3) is 0 Å². The van der Waals surface area contributed by atoms with Crippen molar-refractivity contribution in [2.45, 2.75) is 41.9 Å². The van der Waals surface area contributed by atoms with E-state index in [0.717, 1.165) is 64.8 Å². The van der Waals surface area contributed by atoms with Crippen molar-refractivity contribution in [1.29, 1.82) is 0 Å². The Morgan fingerprint density at radius 1 is 1.09 bits per heavy atom. The van der Waals surface area contributed by atoms with Crippen LogP contribution in [-0.4, -0.2) is 34.2 Å². The van der Waals surface area contributed by atoms with E-state index < -0.39 is 23.1 Å². The summed E-state index contributed by atoms with van der Waals surface area (Å²) >= 11 is 2.12. The SMILES string of the molecule is COc1ccc([C@@H]2c3sc(=O)[nH]c3S[C@H](C(=O)O)[C@@H]2C(=O)c2cccc3c2CCCC3)cc1. The van der Waals surface area contributed by atoms with Crippen LogP contribution in [0.5, 0.6) is 5.75 Å². The molecule has 0 bridgehead atoms. The Kier molecular flexibility index (Phi) is 5.88. The maximum Gasteiger partial charge on any atom is 0.317 e. The summed E-state index contributed by atoms with van der Waals surface area (Å²) in [5.74, 6) is -1.93. The van der Waals surface area contributed by atoms with Crippen molar-refractivity contribution in [2.24, 2.45) is 5.92 Å². The van der Waals surface area contributed by atoms with E-state index in [2.05, 4.69) is 11.1 Å². The molecule has 0 radical (unpaired) electrons. The molecule has 0 amide bonds. The van der Waals surface area contributed by atoms with Crippen LogP contribution in [0.3, 0.4) is 0 Å². The molecule has 0 saturated heterocycles. The van der Waals surface area contributed by atoms with Crippen LogP contribution in [0.2, 0.25) is 0 Å². The molecule has 2 aliphatic rings. The first-order chi connectivity index (χ1) is 16.0. The Labute approximate surface area is 199 Å². The number of ketones is 1. The number of aryl methyl sites for hydroxylation is 1. The maximum atomic E-state index is 14.1. The minimum Gasteiger partial charge on any atom is -0.497 e. The number of Topliss-reactive ketones (excluding diaryl/α,β-unsaturated/α-hetero) is 1. The highest BCUT2D eigenvalue weighted by Crippen LogP contribution is 2.50. The minimum atomic E-state index is -1.06. The fraction of sp³-hybridized carbons (Fsp3) is 0.320. The molecule has 2 N–H and O–H groups in total. The van der Waals surface area contributed by atoms with Gasteiger partial charge in [0, 0.05) is 16.4 Å². The average molecular weight is 482 g/mol. The number of nitrogens with one attached hydrogen (secondary N) is 1. The Hall–Kier alpha value is -2.84. The van der Waals surface area contributed by atoms with E-state index in [0.29, 0.717) is 16.3 Å². The van der Waals surface area contributed by atoms with Crippen molar-refractivity contribution in [3.63, 3.8) is 0 Å². The van der Waals surface area contributed by atoms with Crippen molar-refractivity contribution in [2.75, 3.05) is 7.11 Å². The molecule has 3 atom stereocenters. The number of rotatable bonds is 5. The standard InChI is InChI=1S/C25H23NO5S2/c1-31-15-11-9-14(10-12-15)18-19(22(24(28)29)32-23-21(18)33-25(30)26-23)20(27)17-8-4-6-13-5-2-3-7-16(13)17/h4,6,8-12,18-19,22H,2-3,5,7H2,1H3,(H,26,30)(H,28,29)/t18-,19-,22-/m0/s1. The summed E-state index contributed by atoms with van der Waals surface area (Å²) in [4.78, 5) is 42.0. The van der Waals surface area contributed by atoms with Crippen molar-refractivity contribution < 1.29 is 19.4 Å². The predicted octanol–water partition coefficient (Wildman–Crippen LogP) is 4.51. The van der Waals surface area contributed by atoms with Crippen LogP contribution in [-0.2, 0) is 17.6 Å². The smallest absolute Gasteiger partial charge is 0.317 e. The van der Waals surface area contributed by atoms with Gasteiger partial charge in [-0.1, -0.05) is 53.4 Å². The number of benzene rings is 2. The number of thiazole rings is 1. The summed E-state index contributed by atoms with van der Waals surface area (Å²) < 4.78 is 5.28. The van der Waals surface area contributed by atoms with E-state index in [1.807, 2.05) is 24.3 Å². The molecule has 3 aromatic rings. The van der Waals surface area contributed by atoms with Gasteiger partial charge in [-0.3, -0.25) is 14.4 Å². The first-order valence-electron chi connectivity index (χ1n) is 10.9. The lowest BCUT2D eigenvalue weighted by Crippen LogP contribution is -2.40. The first kappa shape index (κ1) is 22.0. The number of carbonyl (C=O) groups excluding carboxylic acids is 1. The molecule has 5 rings (SSSR count). The molecule has 0 unspecified atom stereocenters. The lowest BCUT2D eigenvalue weighted by atomic mass is 9.75. The number of carboxylic acids is 1. The molecule has 1 aromatic heterocycles. The maximum absolute atomic E-state index is 14.1. The van der Waals surface area contributed by atoms with E-state index in [-0.39, 0.29) is 10.7 Å². The van der Waals surface area contributed by atoms with Gasteiger partial charge in [-0.2, -0.15) is 0 Å². The predicted molar refractivity (Wildman–Crippen MR) is 128 cm³/mol. The molecule has 8 heteroatoms. The molecule has 33 heavy (non-hydrogen) atoms. The number of carboxylic acid groups (broad SMARTS) is 1. The van der Waals surface area contributed by atoms with Gasteiger partial charge >= 0.3 is 10.8 Å². The molecule has 170 valence electrons. The van der Waals surface area contributed by atoms with Gasteiger partial charge < -0.3 is 14.8 Å². The van der Waals surface area contributed by atoms with Crippen molar-refractivity contribution in [3.8, 4) is 5.75 Å². The van der Waals surface area contributed by atoms with Gasteiger partial charge in [-0.25, -0.2) is 0 Å². The van der Waals surface area contributed by atoms with Crippen molar-refractivity contribution in [1.82, 2.24) is 4.98 Å². The number of aromatic amines is 1. The largest absolute Gasteiger partial charge is 0.497 e. The number of methoxy groups -OCH3 is 1. The summed E-state index contributed by atoms with van der Waals surface area (Å²) in [5, 5.41) is 9.67. The zero-order chi connectivity index (χ0) is 23.1. The fourth-order valence-electron chi connectivity index (χ4n) is 5.01. The van der Waals surface area contributed by atoms with E-state index >= 15 is 0 Å². The summed E-state index contributed by atoms with van der Waals surface area (Å²) in [6.07, 6.45) is 3.87. The summed E-state index contributed by atoms with van der Waals surface area (Å²) in [5.41, 5.74) is 3.63. The van der Waals surface area contributed by atoms with Gasteiger partial charge in [0.2, 0.25) is 0 Å². The Morgan fingerprint density at radius 2 is 1.85 bits per heavy atom. The normalized spacial score (nSPS) is 21.7. The molecule has 0 fully saturated rings. The molecule has 0 spiro atoms. The third-order valence-corrected chi connectivity index (χ3v) is 8.94. The van der Waals surface area contributed by atoms with Gasteiger partial charge in [0.25, 0.3) is 0 Å². The van der Waals surface area contributed by atoms with Crippen LogP contribution in [0.4, 0.5) is 0 Å². The summed E-state index contributed by atoms with van der Waals surface area (Å²) in [6.45, 7) is 0. The Balaban J connectivity index is 1.68. The van der Waals surface area contributed by atoms with Crippen LogP contribution >= 0.6 is 23.1 Å². The van der Waals surface area contributed by atoms with Crippen molar-refractivity contribution >= 4 is 34.9 Å². The fourth-order valence-corrected chi connectivity index (χ4v) is 7.43. The topological polar surface area (TPSA) is 96.5 Å². The third kappa shape index (κ3) is 3.91. The third-order valence-electron chi connectivity index (χ3n) is 6.54. The molecule has 2 aromatic carbocycles. The lowest BCUT2D eigenvalue weighted by Gasteiger charge is -2.35. The highest BCUT2D eigenvalue weighted by molar-refractivity contribution is 8.00. The number of fused-ring (bicyclic) bond motifs is 2. The molecular weight excluding hydrogens is 458 g/mol.